The van der Waals surface area contributed by atoms with Crippen LogP contribution < -0.4 is 9.64 Å². The number of rotatable bonds is 6. The van der Waals surface area contributed by atoms with Crippen LogP contribution in [0.3, 0.4) is 0 Å². The van der Waals surface area contributed by atoms with Gasteiger partial charge in [0.2, 0.25) is 0 Å². The lowest BCUT2D eigenvalue weighted by atomic mass is 10.0. The van der Waals surface area contributed by atoms with Gasteiger partial charge in [0.25, 0.3) is 0 Å². The first-order valence-corrected chi connectivity index (χ1v) is 9.10. The Morgan fingerprint density at radius 2 is 2.00 bits per heavy atom. The molecule has 0 aliphatic carbocycles. The fraction of sp³-hybridized carbons (Fsp3) is 0.286. The Kier molecular flexibility index (Phi) is 6.45. The van der Waals surface area contributed by atoms with Crippen LogP contribution in [0.15, 0.2) is 48.5 Å². The minimum atomic E-state index is -0.0502. The summed E-state index contributed by atoms with van der Waals surface area (Å²) in [5.41, 5.74) is 2.52. The number of nitrogens with one attached hydrogen (secondary N) is 1. The van der Waals surface area contributed by atoms with Crippen molar-refractivity contribution in [3.8, 4) is 5.75 Å². The zero-order valence-electron chi connectivity index (χ0n) is 14.8. The number of ether oxygens (including phenoxy) is 2. The Bertz CT molecular complexity index is 798. The van der Waals surface area contributed by atoms with Crippen LogP contribution >= 0.6 is 11.6 Å². The Morgan fingerprint density at radius 1 is 1.23 bits per heavy atom. The van der Waals surface area contributed by atoms with Crippen molar-refractivity contribution in [3.05, 3.63) is 70.3 Å². The van der Waals surface area contributed by atoms with E-state index in [4.69, 9.17) is 21.1 Å². The van der Waals surface area contributed by atoms with E-state index in [1.54, 1.807) is 25.3 Å². The minimum absolute atomic E-state index is 0.0502. The normalized spacial score (nSPS) is 15.3. The van der Waals surface area contributed by atoms with Gasteiger partial charge in [0.05, 0.1) is 20.3 Å². The predicted molar refractivity (Wildman–Crippen MR) is 103 cm³/mol. The summed E-state index contributed by atoms with van der Waals surface area (Å²) in [7, 11) is 1.66. The van der Waals surface area contributed by atoms with E-state index < -0.39 is 0 Å². The van der Waals surface area contributed by atoms with Crippen LogP contribution in [-0.2, 0) is 11.3 Å². The van der Waals surface area contributed by atoms with E-state index in [1.807, 2.05) is 36.4 Å². The molecule has 1 aliphatic heterocycles. The zero-order chi connectivity index (χ0) is 18.4. The third kappa shape index (κ3) is 4.73. The SMILES string of the molecule is COc1ccc(C(=O)/C=C/c2ccccc2Cl)cc1C[NH+]1CCOCC1. The molecule has 2 aromatic carbocycles. The molecule has 3 rings (SSSR count). The molecule has 0 radical (unpaired) electrons. The van der Waals surface area contributed by atoms with E-state index in [0.29, 0.717) is 10.6 Å². The zero-order valence-corrected chi connectivity index (χ0v) is 15.6. The molecule has 2 aromatic rings. The highest BCUT2D eigenvalue weighted by Gasteiger charge is 2.17. The van der Waals surface area contributed by atoms with E-state index in [0.717, 1.165) is 49.7 Å². The largest absolute Gasteiger partial charge is 0.496 e. The maximum Gasteiger partial charge on any atom is 0.185 e. The Morgan fingerprint density at radius 3 is 2.73 bits per heavy atom. The number of morpholine rings is 1. The number of quaternary nitrogens is 1. The van der Waals surface area contributed by atoms with Crippen molar-refractivity contribution in [2.75, 3.05) is 33.4 Å². The third-order valence-electron chi connectivity index (χ3n) is 4.52. The van der Waals surface area contributed by atoms with E-state index in [1.165, 1.54) is 4.90 Å². The van der Waals surface area contributed by atoms with Gasteiger partial charge >= 0.3 is 0 Å². The molecule has 26 heavy (non-hydrogen) atoms. The van der Waals surface area contributed by atoms with Gasteiger partial charge in [-0.25, -0.2) is 0 Å². The average Bonchev–Trinajstić information content (AvgIpc) is 2.68. The van der Waals surface area contributed by atoms with Crippen molar-refractivity contribution in [2.24, 2.45) is 0 Å². The molecule has 1 saturated heterocycles. The lowest BCUT2D eigenvalue weighted by Gasteiger charge is -2.24. The van der Waals surface area contributed by atoms with Crippen molar-refractivity contribution < 1.29 is 19.2 Å². The Balaban J connectivity index is 1.77. The molecule has 1 heterocycles. The van der Waals surface area contributed by atoms with Crippen LogP contribution in [0.5, 0.6) is 5.75 Å². The lowest BCUT2D eigenvalue weighted by molar-refractivity contribution is -0.921. The summed E-state index contributed by atoms with van der Waals surface area (Å²) in [6.07, 6.45) is 3.32. The number of methoxy groups -OCH3 is 1. The highest BCUT2D eigenvalue weighted by Crippen LogP contribution is 2.21. The predicted octanol–water partition coefficient (Wildman–Crippen LogP) is 2.66. The maximum absolute atomic E-state index is 12.6. The van der Waals surface area contributed by atoms with Crippen LogP contribution in [0.1, 0.15) is 21.5 Å². The van der Waals surface area contributed by atoms with E-state index in [-0.39, 0.29) is 5.78 Å². The Labute approximate surface area is 159 Å². The summed E-state index contributed by atoms with van der Waals surface area (Å²) in [4.78, 5) is 14.0. The monoisotopic (exact) mass is 372 g/mol. The van der Waals surface area contributed by atoms with Crippen LogP contribution in [0.2, 0.25) is 5.02 Å². The molecule has 0 spiro atoms. The highest BCUT2D eigenvalue weighted by molar-refractivity contribution is 6.32. The molecule has 0 aromatic heterocycles. The number of allylic oxidation sites excluding steroid dienone is 1. The fourth-order valence-electron chi connectivity index (χ4n) is 3.05. The quantitative estimate of drug-likeness (QED) is 0.626. The van der Waals surface area contributed by atoms with Gasteiger partial charge in [0, 0.05) is 16.1 Å². The molecule has 1 aliphatic rings. The first kappa shape index (κ1) is 18.6. The molecule has 0 saturated carbocycles. The molecule has 0 amide bonds. The van der Waals surface area contributed by atoms with Crippen LogP contribution in [0.4, 0.5) is 0 Å². The molecular formula is C21H23ClNO3+. The molecule has 1 fully saturated rings. The fourth-order valence-corrected chi connectivity index (χ4v) is 3.25. The van der Waals surface area contributed by atoms with Gasteiger partial charge in [-0.1, -0.05) is 29.8 Å². The average molecular weight is 373 g/mol. The minimum Gasteiger partial charge on any atom is -0.496 e. The topological polar surface area (TPSA) is 40.0 Å². The second-order valence-corrected chi connectivity index (χ2v) is 6.69. The lowest BCUT2D eigenvalue weighted by Crippen LogP contribution is -3.12. The molecule has 4 nitrogen and oxygen atoms in total. The second kappa shape index (κ2) is 8.99. The van der Waals surface area contributed by atoms with Gasteiger partial charge in [0.15, 0.2) is 5.78 Å². The number of carbonyl (C=O) groups is 1. The molecule has 136 valence electrons. The number of hydrogen-bond donors (Lipinski definition) is 1. The molecule has 0 atom stereocenters. The molecule has 0 bridgehead atoms. The van der Waals surface area contributed by atoms with E-state index >= 15 is 0 Å². The molecule has 1 N–H and O–H groups in total. The van der Waals surface area contributed by atoms with Gasteiger partial charge < -0.3 is 14.4 Å². The van der Waals surface area contributed by atoms with Gasteiger partial charge in [-0.05, 0) is 42.0 Å². The van der Waals surface area contributed by atoms with Gasteiger partial charge in [-0.3, -0.25) is 4.79 Å². The number of ketones is 1. The summed E-state index contributed by atoms with van der Waals surface area (Å²) >= 11 is 6.13. The highest BCUT2D eigenvalue weighted by atomic mass is 35.5. The third-order valence-corrected chi connectivity index (χ3v) is 4.87. The number of hydrogen-bond acceptors (Lipinski definition) is 3. The van der Waals surface area contributed by atoms with Crippen molar-refractivity contribution in [2.45, 2.75) is 6.54 Å². The molecule has 5 heteroatoms. The number of carbonyl (C=O) groups excluding carboxylic acids is 1. The summed E-state index contributed by atoms with van der Waals surface area (Å²) in [5, 5.41) is 0.628. The van der Waals surface area contributed by atoms with Crippen molar-refractivity contribution in [1.29, 1.82) is 0 Å². The maximum atomic E-state index is 12.6. The summed E-state index contributed by atoms with van der Waals surface area (Å²) in [5.74, 6) is 0.765. The van der Waals surface area contributed by atoms with Crippen LogP contribution in [0.25, 0.3) is 6.08 Å². The first-order valence-electron chi connectivity index (χ1n) is 8.72. The first-order chi connectivity index (χ1) is 12.7. The molecular weight excluding hydrogens is 350 g/mol. The van der Waals surface area contributed by atoms with Gasteiger partial charge in [-0.15, -0.1) is 0 Å². The van der Waals surface area contributed by atoms with Crippen molar-refractivity contribution in [1.82, 2.24) is 0 Å². The standard InChI is InChI=1S/C21H22ClNO3/c1-25-21-9-7-17(14-18(21)15-23-10-12-26-13-11-23)20(24)8-6-16-4-2-3-5-19(16)22/h2-9,14H,10-13,15H2,1H3/p+1/b8-6+. The second-order valence-electron chi connectivity index (χ2n) is 6.28. The van der Waals surface area contributed by atoms with Crippen molar-refractivity contribution >= 4 is 23.5 Å². The summed E-state index contributed by atoms with van der Waals surface area (Å²) in [6.45, 7) is 4.30. The Hall–Kier alpha value is -2.14. The summed E-state index contributed by atoms with van der Waals surface area (Å²) < 4.78 is 10.9. The van der Waals surface area contributed by atoms with Crippen LogP contribution in [-0.4, -0.2) is 39.2 Å². The van der Waals surface area contributed by atoms with Gasteiger partial charge in [-0.2, -0.15) is 0 Å². The number of benzene rings is 2. The number of halogens is 1. The van der Waals surface area contributed by atoms with Crippen molar-refractivity contribution in [3.63, 3.8) is 0 Å². The summed E-state index contributed by atoms with van der Waals surface area (Å²) in [6, 6.07) is 13.1. The smallest absolute Gasteiger partial charge is 0.185 e. The van der Waals surface area contributed by atoms with E-state index in [2.05, 4.69) is 0 Å². The van der Waals surface area contributed by atoms with E-state index in [9.17, 15) is 4.79 Å². The van der Waals surface area contributed by atoms with Crippen LogP contribution in [0, 0.1) is 0 Å². The van der Waals surface area contributed by atoms with Gasteiger partial charge in [0.1, 0.15) is 25.4 Å². The molecule has 0 unspecified atom stereocenters.